The molecule has 0 radical (unpaired) electrons. The van der Waals surface area contributed by atoms with Crippen molar-refractivity contribution < 1.29 is 9.26 Å². The van der Waals surface area contributed by atoms with Crippen LogP contribution in [0.4, 0.5) is 0 Å². The van der Waals surface area contributed by atoms with Gasteiger partial charge in [0.15, 0.2) is 5.82 Å². The van der Waals surface area contributed by atoms with Gasteiger partial charge in [0.2, 0.25) is 5.89 Å². The molecule has 5 heteroatoms. The van der Waals surface area contributed by atoms with Crippen molar-refractivity contribution in [3.8, 4) is 0 Å². The fourth-order valence-corrected chi connectivity index (χ4v) is 2.89. The third-order valence-corrected chi connectivity index (χ3v) is 4.11. The molecule has 0 bridgehead atoms. The van der Waals surface area contributed by atoms with E-state index in [-0.39, 0.29) is 0 Å². The van der Waals surface area contributed by atoms with Crippen LogP contribution < -0.4 is 0 Å². The fourth-order valence-electron chi connectivity index (χ4n) is 2.14. The van der Waals surface area contributed by atoms with E-state index in [2.05, 4.69) is 27.7 Å². The van der Waals surface area contributed by atoms with E-state index in [4.69, 9.17) is 9.26 Å². The van der Waals surface area contributed by atoms with E-state index < -0.39 is 0 Å². The Labute approximate surface area is 110 Å². The summed E-state index contributed by atoms with van der Waals surface area (Å²) in [6.07, 6.45) is 4.01. The summed E-state index contributed by atoms with van der Waals surface area (Å²) in [5, 5.41) is 6.16. The lowest BCUT2D eigenvalue weighted by Gasteiger charge is -1.97. The number of nitrogens with zero attached hydrogens (tertiary/aromatic N) is 2. The minimum absolute atomic E-state index is 0.333. The number of thiophene rings is 1. The Bertz CT molecular complexity index is 475. The van der Waals surface area contributed by atoms with Crippen molar-refractivity contribution in [3.05, 3.63) is 34.1 Å². The SMILES string of the molecule is c1csc(CCCc2nc([C@@H]3CCOC3)no2)c1. The molecule has 0 aliphatic carbocycles. The molecule has 0 aromatic carbocycles. The normalized spacial score (nSPS) is 19.4. The van der Waals surface area contributed by atoms with Gasteiger partial charge >= 0.3 is 0 Å². The highest BCUT2D eigenvalue weighted by Gasteiger charge is 2.22. The average molecular weight is 264 g/mol. The van der Waals surface area contributed by atoms with Crippen LogP contribution >= 0.6 is 11.3 Å². The molecular weight excluding hydrogens is 248 g/mol. The third-order valence-electron chi connectivity index (χ3n) is 3.17. The quantitative estimate of drug-likeness (QED) is 0.833. The van der Waals surface area contributed by atoms with E-state index in [0.717, 1.165) is 50.6 Å². The van der Waals surface area contributed by atoms with E-state index in [9.17, 15) is 0 Å². The molecule has 1 atom stereocenters. The summed E-state index contributed by atoms with van der Waals surface area (Å²) >= 11 is 1.80. The summed E-state index contributed by atoms with van der Waals surface area (Å²) in [6.45, 7) is 1.54. The first-order valence-electron chi connectivity index (χ1n) is 6.34. The zero-order valence-electron chi connectivity index (χ0n) is 10.2. The molecule has 0 saturated carbocycles. The maximum Gasteiger partial charge on any atom is 0.226 e. The predicted octanol–water partition coefficient (Wildman–Crippen LogP) is 2.81. The van der Waals surface area contributed by atoms with Gasteiger partial charge in [-0.1, -0.05) is 11.2 Å². The monoisotopic (exact) mass is 264 g/mol. The van der Waals surface area contributed by atoms with Crippen molar-refractivity contribution in [1.29, 1.82) is 0 Å². The first kappa shape index (κ1) is 11.9. The minimum atomic E-state index is 0.333. The molecule has 3 heterocycles. The highest BCUT2D eigenvalue weighted by atomic mass is 32.1. The molecule has 2 aromatic rings. The Kier molecular flexibility index (Phi) is 3.71. The number of ether oxygens (including phenoxy) is 1. The van der Waals surface area contributed by atoms with Crippen LogP contribution in [0.3, 0.4) is 0 Å². The van der Waals surface area contributed by atoms with Crippen LogP contribution in [0.15, 0.2) is 22.0 Å². The molecule has 0 N–H and O–H groups in total. The highest BCUT2D eigenvalue weighted by molar-refractivity contribution is 7.09. The third kappa shape index (κ3) is 2.79. The van der Waals surface area contributed by atoms with Crippen LogP contribution in [0, 0.1) is 0 Å². The van der Waals surface area contributed by atoms with Gasteiger partial charge in [0.05, 0.1) is 6.61 Å². The second-order valence-electron chi connectivity index (χ2n) is 4.54. The van der Waals surface area contributed by atoms with Crippen molar-refractivity contribution >= 4 is 11.3 Å². The lowest BCUT2D eigenvalue weighted by molar-refractivity contribution is 0.192. The maximum atomic E-state index is 5.33. The first-order valence-corrected chi connectivity index (χ1v) is 7.22. The fraction of sp³-hybridized carbons (Fsp3) is 0.538. The predicted molar refractivity (Wildman–Crippen MR) is 68.8 cm³/mol. The maximum absolute atomic E-state index is 5.33. The van der Waals surface area contributed by atoms with Gasteiger partial charge in [-0.25, -0.2) is 0 Å². The smallest absolute Gasteiger partial charge is 0.226 e. The summed E-state index contributed by atoms with van der Waals surface area (Å²) < 4.78 is 10.6. The lowest BCUT2D eigenvalue weighted by Crippen LogP contribution is -2.00. The largest absolute Gasteiger partial charge is 0.381 e. The van der Waals surface area contributed by atoms with Crippen LogP contribution in [0.5, 0.6) is 0 Å². The Morgan fingerprint density at radius 3 is 3.17 bits per heavy atom. The Balaban J connectivity index is 1.50. The lowest BCUT2D eigenvalue weighted by atomic mass is 10.1. The summed E-state index contributed by atoms with van der Waals surface area (Å²) in [5.41, 5.74) is 0. The van der Waals surface area contributed by atoms with Crippen molar-refractivity contribution in [2.75, 3.05) is 13.2 Å². The molecule has 0 spiro atoms. The number of hydrogen-bond acceptors (Lipinski definition) is 5. The zero-order chi connectivity index (χ0) is 12.2. The van der Waals surface area contributed by atoms with E-state index in [1.165, 1.54) is 4.88 Å². The van der Waals surface area contributed by atoms with Crippen LogP contribution in [0.1, 0.15) is 35.4 Å². The Hall–Kier alpha value is -1.20. The van der Waals surface area contributed by atoms with Gasteiger partial charge in [0.1, 0.15) is 0 Å². The van der Waals surface area contributed by atoms with Crippen molar-refractivity contribution in [1.82, 2.24) is 10.1 Å². The number of aryl methyl sites for hydroxylation is 2. The van der Waals surface area contributed by atoms with Gasteiger partial charge in [-0.05, 0) is 30.7 Å². The molecular formula is C13H16N2O2S. The summed E-state index contributed by atoms with van der Waals surface area (Å²) in [6, 6.07) is 4.25. The summed E-state index contributed by atoms with van der Waals surface area (Å²) in [4.78, 5) is 5.87. The molecule has 18 heavy (non-hydrogen) atoms. The summed E-state index contributed by atoms with van der Waals surface area (Å²) in [5.74, 6) is 1.91. The number of rotatable bonds is 5. The highest BCUT2D eigenvalue weighted by Crippen LogP contribution is 2.22. The van der Waals surface area contributed by atoms with E-state index in [0.29, 0.717) is 5.92 Å². The molecule has 1 aliphatic heterocycles. The van der Waals surface area contributed by atoms with Gasteiger partial charge in [0.25, 0.3) is 0 Å². The second kappa shape index (κ2) is 5.63. The van der Waals surface area contributed by atoms with Crippen molar-refractivity contribution in [2.45, 2.75) is 31.6 Å². The van der Waals surface area contributed by atoms with E-state index in [1.807, 2.05) is 0 Å². The number of aromatic nitrogens is 2. The van der Waals surface area contributed by atoms with Gasteiger partial charge in [-0.2, -0.15) is 4.98 Å². The summed E-state index contributed by atoms with van der Waals surface area (Å²) in [7, 11) is 0. The molecule has 1 saturated heterocycles. The molecule has 4 nitrogen and oxygen atoms in total. The average Bonchev–Trinajstić information content (AvgIpc) is 3.12. The topological polar surface area (TPSA) is 48.2 Å². The standard InChI is InChI=1S/C13H16N2O2S/c1(3-11-4-2-8-18-11)5-12-14-13(15-17-12)10-6-7-16-9-10/h2,4,8,10H,1,3,5-7,9H2/t10-/m1/s1. The van der Waals surface area contributed by atoms with Gasteiger partial charge in [-0.3, -0.25) is 0 Å². The van der Waals surface area contributed by atoms with E-state index >= 15 is 0 Å². The Morgan fingerprint density at radius 2 is 2.39 bits per heavy atom. The van der Waals surface area contributed by atoms with Gasteiger partial charge in [0, 0.05) is 23.8 Å². The minimum Gasteiger partial charge on any atom is -0.381 e. The van der Waals surface area contributed by atoms with Crippen LogP contribution in [0.25, 0.3) is 0 Å². The van der Waals surface area contributed by atoms with Gasteiger partial charge < -0.3 is 9.26 Å². The molecule has 0 amide bonds. The zero-order valence-corrected chi connectivity index (χ0v) is 11.0. The van der Waals surface area contributed by atoms with Crippen molar-refractivity contribution in [2.24, 2.45) is 0 Å². The van der Waals surface area contributed by atoms with Crippen molar-refractivity contribution in [3.63, 3.8) is 0 Å². The van der Waals surface area contributed by atoms with Crippen LogP contribution in [-0.2, 0) is 17.6 Å². The molecule has 2 aromatic heterocycles. The molecule has 0 unspecified atom stereocenters. The van der Waals surface area contributed by atoms with E-state index in [1.54, 1.807) is 11.3 Å². The van der Waals surface area contributed by atoms with Crippen LogP contribution in [0.2, 0.25) is 0 Å². The molecule has 1 fully saturated rings. The van der Waals surface area contributed by atoms with Crippen LogP contribution in [-0.4, -0.2) is 23.4 Å². The Morgan fingerprint density at radius 1 is 1.39 bits per heavy atom. The first-order chi connectivity index (χ1) is 8.92. The molecule has 1 aliphatic rings. The molecule has 3 rings (SSSR count). The van der Waals surface area contributed by atoms with Gasteiger partial charge in [-0.15, -0.1) is 11.3 Å². The number of hydrogen-bond donors (Lipinski definition) is 0. The second-order valence-corrected chi connectivity index (χ2v) is 5.57. The molecule has 96 valence electrons.